The number of benzene rings is 2. The van der Waals surface area contributed by atoms with Crippen molar-refractivity contribution in [2.75, 3.05) is 13.7 Å². The molecule has 0 radical (unpaired) electrons. The Morgan fingerprint density at radius 1 is 1.13 bits per heavy atom. The zero-order valence-corrected chi connectivity index (χ0v) is 17.5. The van der Waals surface area contributed by atoms with Crippen LogP contribution >= 0.6 is 11.6 Å². The van der Waals surface area contributed by atoms with Gasteiger partial charge >= 0.3 is 0 Å². The lowest BCUT2D eigenvalue weighted by Crippen LogP contribution is -2.31. The van der Waals surface area contributed by atoms with E-state index in [1.807, 2.05) is 24.3 Å². The predicted molar refractivity (Wildman–Crippen MR) is 116 cm³/mol. The Hall–Kier alpha value is -3.51. The fourth-order valence-electron chi connectivity index (χ4n) is 3.69. The summed E-state index contributed by atoms with van der Waals surface area (Å²) >= 11 is 6.04. The van der Waals surface area contributed by atoms with Crippen molar-refractivity contribution in [1.29, 1.82) is 0 Å². The molecule has 0 saturated carbocycles. The van der Waals surface area contributed by atoms with Crippen molar-refractivity contribution in [3.8, 4) is 5.75 Å². The van der Waals surface area contributed by atoms with Crippen LogP contribution in [0.25, 0.3) is 5.76 Å². The summed E-state index contributed by atoms with van der Waals surface area (Å²) in [7, 11) is 1.59. The van der Waals surface area contributed by atoms with Gasteiger partial charge in [0.1, 0.15) is 23.3 Å². The summed E-state index contributed by atoms with van der Waals surface area (Å²) in [5.41, 5.74) is 1.32. The summed E-state index contributed by atoms with van der Waals surface area (Å²) in [5, 5.41) is 11.3. The first-order valence-corrected chi connectivity index (χ1v) is 10.1. The van der Waals surface area contributed by atoms with Crippen molar-refractivity contribution in [3.05, 3.63) is 94.4 Å². The number of aliphatic hydroxyl groups excluding tert-OH is 1. The van der Waals surface area contributed by atoms with E-state index in [1.54, 1.807) is 43.5 Å². The topological polar surface area (TPSA) is 80.0 Å². The minimum atomic E-state index is -0.827. The lowest BCUT2D eigenvalue weighted by molar-refractivity contribution is -0.140. The van der Waals surface area contributed by atoms with Gasteiger partial charge in [0.2, 0.25) is 0 Å². The largest absolute Gasteiger partial charge is 0.507 e. The number of likely N-dealkylation sites (tertiary alicyclic amines) is 1. The summed E-state index contributed by atoms with van der Waals surface area (Å²) in [6.45, 7) is 0.272. The molecular weight excluding hydrogens is 418 g/mol. The van der Waals surface area contributed by atoms with E-state index in [-0.39, 0.29) is 17.9 Å². The van der Waals surface area contributed by atoms with Crippen LogP contribution in [-0.4, -0.2) is 35.4 Å². The molecule has 1 aromatic heterocycles. The molecule has 6 nitrogen and oxygen atoms in total. The van der Waals surface area contributed by atoms with Gasteiger partial charge in [-0.15, -0.1) is 0 Å². The van der Waals surface area contributed by atoms with Crippen LogP contribution in [0.3, 0.4) is 0 Å². The molecule has 1 saturated heterocycles. The Morgan fingerprint density at radius 2 is 1.90 bits per heavy atom. The molecular formula is C24H20ClNO5. The molecule has 1 amide bonds. The van der Waals surface area contributed by atoms with Crippen LogP contribution in [0.15, 0.2) is 76.9 Å². The maximum Gasteiger partial charge on any atom is 0.295 e. The number of hydrogen-bond donors (Lipinski definition) is 1. The van der Waals surface area contributed by atoms with E-state index in [0.717, 1.165) is 11.3 Å². The fourth-order valence-corrected chi connectivity index (χ4v) is 3.88. The van der Waals surface area contributed by atoms with Crippen LogP contribution < -0.4 is 4.74 Å². The SMILES string of the molecule is COc1ccc(CCN2C(=O)C(=O)/C(=C(\O)c3cccc(Cl)c3)C2c2ccco2)cc1. The third kappa shape index (κ3) is 4.07. The summed E-state index contributed by atoms with van der Waals surface area (Å²) in [5.74, 6) is -0.583. The molecule has 1 fully saturated rings. The van der Waals surface area contributed by atoms with Crippen molar-refractivity contribution in [2.24, 2.45) is 0 Å². The lowest BCUT2D eigenvalue weighted by Gasteiger charge is -2.23. The third-order valence-electron chi connectivity index (χ3n) is 5.25. The minimum Gasteiger partial charge on any atom is -0.507 e. The maximum absolute atomic E-state index is 12.9. The third-order valence-corrected chi connectivity index (χ3v) is 5.49. The molecule has 0 spiro atoms. The second-order valence-corrected chi connectivity index (χ2v) is 7.55. The molecule has 3 aromatic rings. The number of carbonyl (C=O) groups excluding carboxylic acids is 2. The highest BCUT2D eigenvalue weighted by Gasteiger charge is 2.47. The Morgan fingerprint density at radius 3 is 2.55 bits per heavy atom. The van der Waals surface area contributed by atoms with Crippen LogP contribution in [0, 0.1) is 0 Å². The molecule has 2 heterocycles. The maximum atomic E-state index is 12.9. The van der Waals surface area contributed by atoms with E-state index < -0.39 is 17.7 Å². The number of amides is 1. The van der Waals surface area contributed by atoms with Crippen LogP contribution in [0.5, 0.6) is 5.75 Å². The van der Waals surface area contributed by atoms with Crippen molar-refractivity contribution < 1.29 is 23.8 Å². The Balaban J connectivity index is 1.70. The lowest BCUT2D eigenvalue weighted by atomic mass is 9.99. The second-order valence-electron chi connectivity index (χ2n) is 7.12. The summed E-state index contributed by atoms with van der Waals surface area (Å²) < 4.78 is 10.7. The first kappa shape index (κ1) is 20.8. The first-order chi connectivity index (χ1) is 15.0. The molecule has 2 aromatic carbocycles. The number of aliphatic hydroxyl groups is 1. The van der Waals surface area contributed by atoms with Crippen molar-refractivity contribution in [2.45, 2.75) is 12.5 Å². The molecule has 1 N–H and O–H groups in total. The molecule has 7 heteroatoms. The molecule has 0 bridgehead atoms. The second kappa shape index (κ2) is 8.70. The van der Waals surface area contributed by atoms with Gasteiger partial charge in [-0.05, 0) is 48.4 Å². The molecule has 1 unspecified atom stereocenters. The highest BCUT2D eigenvalue weighted by molar-refractivity contribution is 6.46. The number of rotatable bonds is 6. The molecule has 31 heavy (non-hydrogen) atoms. The van der Waals surface area contributed by atoms with E-state index in [4.69, 9.17) is 20.8 Å². The molecule has 1 atom stereocenters. The van der Waals surface area contributed by atoms with Crippen LogP contribution in [0.4, 0.5) is 0 Å². The van der Waals surface area contributed by atoms with E-state index in [1.165, 1.54) is 11.2 Å². The van der Waals surface area contributed by atoms with Crippen LogP contribution in [-0.2, 0) is 16.0 Å². The number of ether oxygens (including phenoxy) is 1. The van der Waals surface area contributed by atoms with Crippen LogP contribution in [0.2, 0.25) is 5.02 Å². The highest BCUT2D eigenvalue weighted by atomic mass is 35.5. The van der Waals surface area contributed by atoms with Gasteiger partial charge in [0.25, 0.3) is 11.7 Å². The van der Waals surface area contributed by atoms with Gasteiger partial charge in [-0.3, -0.25) is 9.59 Å². The Bertz CT molecular complexity index is 1140. The average Bonchev–Trinajstić information content (AvgIpc) is 3.39. The molecule has 0 aliphatic carbocycles. The van der Waals surface area contributed by atoms with Gasteiger partial charge < -0.3 is 19.2 Å². The first-order valence-electron chi connectivity index (χ1n) is 9.70. The van der Waals surface area contributed by atoms with E-state index in [9.17, 15) is 14.7 Å². The number of furan rings is 1. The highest BCUT2D eigenvalue weighted by Crippen LogP contribution is 2.39. The number of hydrogen-bond acceptors (Lipinski definition) is 5. The van der Waals surface area contributed by atoms with Gasteiger partial charge in [-0.2, -0.15) is 0 Å². The van der Waals surface area contributed by atoms with Crippen molar-refractivity contribution >= 4 is 29.1 Å². The molecule has 4 rings (SSSR count). The van der Waals surface area contributed by atoms with Crippen LogP contribution in [0.1, 0.15) is 22.9 Å². The summed E-state index contributed by atoms with van der Waals surface area (Å²) in [6.07, 6.45) is 1.99. The molecule has 1 aliphatic rings. The number of ketones is 1. The Labute approximate surface area is 184 Å². The fraction of sp³-hybridized carbons (Fsp3) is 0.167. The van der Waals surface area contributed by atoms with E-state index >= 15 is 0 Å². The zero-order chi connectivity index (χ0) is 22.0. The summed E-state index contributed by atoms with van der Waals surface area (Å²) in [4.78, 5) is 27.2. The standard InChI is InChI=1S/C24H20ClNO5/c1-30-18-9-7-15(8-10-18)11-12-26-21(19-6-3-13-31-19)20(23(28)24(26)29)22(27)16-4-2-5-17(25)14-16/h2-10,13-14,21,27H,11-12H2,1H3/b22-20-. The quantitative estimate of drug-likeness (QED) is 0.346. The van der Waals surface area contributed by atoms with Crippen molar-refractivity contribution in [3.63, 3.8) is 0 Å². The monoisotopic (exact) mass is 437 g/mol. The number of Topliss-reactive ketones (excluding diaryl/α,β-unsaturated/α-hetero) is 1. The van der Waals surface area contributed by atoms with Gasteiger partial charge in [-0.1, -0.05) is 35.9 Å². The number of nitrogens with zero attached hydrogens (tertiary/aromatic N) is 1. The summed E-state index contributed by atoms with van der Waals surface area (Å²) in [6, 6.07) is 16.5. The number of methoxy groups -OCH3 is 1. The van der Waals surface area contributed by atoms with Gasteiger partial charge in [0, 0.05) is 17.1 Å². The molecule has 158 valence electrons. The van der Waals surface area contributed by atoms with Crippen molar-refractivity contribution in [1.82, 2.24) is 4.90 Å². The minimum absolute atomic E-state index is 0.0167. The van der Waals surface area contributed by atoms with E-state index in [2.05, 4.69) is 0 Å². The van der Waals surface area contributed by atoms with Gasteiger partial charge in [0.05, 0.1) is 18.9 Å². The molecule has 1 aliphatic heterocycles. The predicted octanol–water partition coefficient (Wildman–Crippen LogP) is 4.61. The smallest absolute Gasteiger partial charge is 0.295 e. The Kier molecular flexibility index (Phi) is 5.82. The van der Waals surface area contributed by atoms with Gasteiger partial charge in [0.15, 0.2) is 0 Å². The van der Waals surface area contributed by atoms with E-state index in [0.29, 0.717) is 22.8 Å². The van der Waals surface area contributed by atoms with Gasteiger partial charge in [-0.25, -0.2) is 0 Å². The zero-order valence-electron chi connectivity index (χ0n) is 16.7. The normalized spacial score (nSPS) is 17.9. The average molecular weight is 438 g/mol. The number of halogens is 1. The number of carbonyl (C=O) groups is 2.